The maximum atomic E-state index is 13.4. The molecule has 1 N–H and O–H groups in total. The van der Waals surface area contributed by atoms with E-state index in [4.69, 9.17) is 23.2 Å². The summed E-state index contributed by atoms with van der Waals surface area (Å²) in [4.78, 5) is 15.1. The number of benzene rings is 3. The minimum absolute atomic E-state index is 0.190. The Kier molecular flexibility index (Phi) is 5.00. The van der Waals surface area contributed by atoms with E-state index in [2.05, 4.69) is 10.2 Å². The predicted molar refractivity (Wildman–Crippen MR) is 119 cm³/mol. The van der Waals surface area contributed by atoms with E-state index in [0.29, 0.717) is 28.0 Å². The lowest BCUT2D eigenvalue weighted by Gasteiger charge is -2.27. The zero-order chi connectivity index (χ0) is 21.5. The van der Waals surface area contributed by atoms with Gasteiger partial charge in [-0.15, -0.1) is 0 Å². The van der Waals surface area contributed by atoms with Crippen molar-refractivity contribution in [1.29, 1.82) is 0 Å². The summed E-state index contributed by atoms with van der Waals surface area (Å²) in [5.41, 5.74) is 4.34. The Labute approximate surface area is 188 Å². The molecule has 5 rings (SSSR count). The third-order valence-corrected chi connectivity index (χ3v) is 6.00. The van der Waals surface area contributed by atoms with Crippen LogP contribution >= 0.6 is 23.2 Å². The average molecular weight is 452 g/mol. The van der Waals surface area contributed by atoms with Gasteiger partial charge < -0.3 is 4.90 Å². The van der Waals surface area contributed by atoms with Gasteiger partial charge >= 0.3 is 0 Å². The highest BCUT2D eigenvalue weighted by atomic mass is 35.5. The number of nitrogens with one attached hydrogen (secondary N) is 1. The fourth-order valence-electron chi connectivity index (χ4n) is 4.01. The molecule has 4 nitrogen and oxygen atoms in total. The van der Waals surface area contributed by atoms with Crippen molar-refractivity contribution in [2.24, 2.45) is 0 Å². The minimum atomic E-state index is -0.466. The molecule has 0 spiro atoms. The number of fused-ring (bicyclic) bond motifs is 1. The first kappa shape index (κ1) is 19.8. The van der Waals surface area contributed by atoms with E-state index in [9.17, 15) is 9.18 Å². The SMILES string of the molecule is O=C1c2[nH]nc(-c3ccccc3)c2C(c2ccc(Cl)cc2Cl)N1Cc1ccc(F)cc1. The minimum Gasteiger partial charge on any atom is -0.322 e. The first-order chi connectivity index (χ1) is 15.0. The van der Waals surface area contributed by atoms with Gasteiger partial charge in [-0.25, -0.2) is 4.39 Å². The lowest BCUT2D eigenvalue weighted by Crippen LogP contribution is -2.29. The highest BCUT2D eigenvalue weighted by Gasteiger charge is 2.42. The maximum Gasteiger partial charge on any atom is 0.273 e. The molecule has 1 unspecified atom stereocenters. The van der Waals surface area contributed by atoms with Gasteiger partial charge in [0.15, 0.2) is 0 Å². The predicted octanol–water partition coefficient (Wildman–Crippen LogP) is 6.27. The highest BCUT2D eigenvalue weighted by molar-refractivity contribution is 6.35. The molecule has 0 bridgehead atoms. The Morgan fingerprint density at radius 3 is 2.45 bits per heavy atom. The van der Waals surface area contributed by atoms with Crippen LogP contribution in [-0.4, -0.2) is 21.0 Å². The van der Waals surface area contributed by atoms with E-state index in [0.717, 1.165) is 22.3 Å². The number of hydrogen-bond acceptors (Lipinski definition) is 2. The molecule has 7 heteroatoms. The van der Waals surface area contributed by atoms with Crippen LogP contribution in [-0.2, 0) is 6.54 Å². The maximum absolute atomic E-state index is 13.4. The van der Waals surface area contributed by atoms with Gasteiger partial charge in [-0.2, -0.15) is 5.10 Å². The van der Waals surface area contributed by atoms with E-state index >= 15 is 0 Å². The quantitative estimate of drug-likeness (QED) is 0.397. The third-order valence-electron chi connectivity index (χ3n) is 5.43. The smallest absolute Gasteiger partial charge is 0.273 e. The van der Waals surface area contributed by atoms with Crippen molar-refractivity contribution in [3.63, 3.8) is 0 Å². The Balaban J connectivity index is 1.66. The van der Waals surface area contributed by atoms with E-state index < -0.39 is 6.04 Å². The van der Waals surface area contributed by atoms with Gasteiger partial charge in [0.1, 0.15) is 11.5 Å². The summed E-state index contributed by atoms with van der Waals surface area (Å²) >= 11 is 12.7. The van der Waals surface area contributed by atoms with Gasteiger partial charge in [0.2, 0.25) is 0 Å². The normalized spacial score (nSPS) is 15.4. The Hall–Kier alpha value is -3.15. The van der Waals surface area contributed by atoms with Crippen LogP contribution in [0.2, 0.25) is 10.0 Å². The van der Waals surface area contributed by atoms with Gasteiger partial charge in [0.25, 0.3) is 5.91 Å². The van der Waals surface area contributed by atoms with Crippen LogP contribution in [0, 0.1) is 5.82 Å². The average Bonchev–Trinajstić information content (AvgIpc) is 3.31. The molecule has 0 fully saturated rings. The number of amides is 1. The summed E-state index contributed by atoms with van der Waals surface area (Å²) < 4.78 is 13.4. The number of hydrogen-bond donors (Lipinski definition) is 1. The first-order valence-electron chi connectivity index (χ1n) is 9.67. The molecule has 0 saturated heterocycles. The van der Waals surface area contributed by atoms with E-state index in [1.54, 1.807) is 29.2 Å². The van der Waals surface area contributed by atoms with Gasteiger partial charge in [-0.3, -0.25) is 9.89 Å². The number of nitrogens with zero attached hydrogens (tertiary/aromatic N) is 2. The molecule has 1 amide bonds. The van der Waals surface area contributed by atoms with Gasteiger partial charge in [0, 0.05) is 27.7 Å². The summed E-state index contributed by atoms with van der Waals surface area (Å²) in [6.07, 6.45) is 0. The number of carbonyl (C=O) groups excluding carboxylic acids is 1. The van der Waals surface area contributed by atoms with Crippen molar-refractivity contribution >= 4 is 29.1 Å². The van der Waals surface area contributed by atoms with E-state index in [1.165, 1.54) is 12.1 Å². The van der Waals surface area contributed by atoms with Crippen LogP contribution in [0.1, 0.15) is 33.2 Å². The van der Waals surface area contributed by atoms with Gasteiger partial charge in [-0.1, -0.05) is 71.7 Å². The lowest BCUT2D eigenvalue weighted by molar-refractivity contribution is 0.0730. The molecular weight excluding hydrogens is 436 g/mol. The topological polar surface area (TPSA) is 49.0 Å². The molecule has 154 valence electrons. The van der Waals surface area contributed by atoms with E-state index in [-0.39, 0.29) is 11.7 Å². The van der Waals surface area contributed by atoms with Crippen molar-refractivity contribution in [1.82, 2.24) is 15.1 Å². The summed E-state index contributed by atoms with van der Waals surface area (Å²) in [5.74, 6) is -0.514. The Bertz CT molecular complexity index is 1270. The Morgan fingerprint density at radius 2 is 1.74 bits per heavy atom. The molecule has 2 heterocycles. The first-order valence-corrected chi connectivity index (χ1v) is 10.4. The van der Waals surface area contributed by atoms with Crippen LogP contribution in [0.3, 0.4) is 0 Å². The molecule has 3 aromatic carbocycles. The molecule has 0 saturated carbocycles. The lowest BCUT2D eigenvalue weighted by atomic mass is 9.96. The van der Waals surface area contributed by atoms with Crippen molar-refractivity contribution in [3.05, 3.63) is 111 Å². The third kappa shape index (κ3) is 3.50. The molecule has 0 aliphatic carbocycles. The summed E-state index contributed by atoms with van der Waals surface area (Å²) in [7, 11) is 0. The number of H-pyrrole nitrogens is 1. The number of aromatic nitrogens is 2. The van der Waals surface area contributed by atoms with Crippen LogP contribution in [0.15, 0.2) is 72.8 Å². The van der Waals surface area contributed by atoms with Crippen molar-refractivity contribution < 1.29 is 9.18 Å². The van der Waals surface area contributed by atoms with E-state index in [1.807, 2.05) is 36.4 Å². The van der Waals surface area contributed by atoms with Crippen molar-refractivity contribution in [3.8, 4) is 11.3 Å². The fourth-order valence-corrected chi connectivity index (χ4v) is 4.52. The summed E-state index contributed by atoms with van der Waals surface area (Å²) in [6, 6.07) is 20.6. The summed E-state index contributed by atoms with van der Waals surface area (Å²) in [5, 5.41) is 8.34. The zero-order valence-corrected chi connectivity index (χ0v) is 17.7. The van der Waals surface area contributed by atoms with Crippen molar-refractivity contribution in [2.45, 2.75) is 12.6 Å². The number of rotatable bonds is 4. The van der Waals surface area contributed by atoms with Crippen molar-refractivity contribution in [2.75, 3.05) is 0 Å². The molecule has 0 radical (unpaired) electrons. The van der Waals surface area contributed by atoms with Gasteiger partial charge in [0.05, 0.1) is 11.7 Å². The standard InChI is InChI=1S/C24H16Cl2FN3O/c25-16-8-11-18(19(26)12-16)23-20-21(15-4-2-1-3-5-15)28-29-22(20)24(31)30(23)13-14-6-9-17(27)10-7-14/h1-12,23H,13H2,(H,28,29). The highest BCUT2D eigenvalue weighted by Crippen LogP contribution is 2.45. The fraction of sp³-hybridized carbons (Fsp3) is 0.0833. The molecule has 1 aromatic heterocycles. The second-order valence-electron chi connectivity index (χ2n) is 7.35. The molecule has 1 aliphatic rings. The second kappa shape index (κ2) is 7.84. The molecule has 1 aliphatic heterocycles. The van der Waals surface area contributed by atoms with Gasteiger partial charge in [-0.05, 0) is 35.4 Å². The monoisotopic (exact) mass is 451 g/mol. The number of halogens is 3. The van der Waals surface area contributed by atoms with Crippen LogP contribution < -0.4 is 0 Å². The van der Waals surface area contributed by atoms with Crippen LogP contribution in [0.25, 0.3) is 11.3 Å². The molecule has 1 atom stereocenters. The molecular formula is C24H16Cl2FN3O. The Morgan fingerprint density at radius 1 is 1.00 bits per heavy atom. The summed E-state index contributed by atoms with van der Waals surface area (Å²) in [6.45, 7) is 0.291. The molecule has 4 aromatic rings. The van der Waals surface area contributed by atoms with Crippen LogP contribution in [0.5, 0.6) is 0 Å². The zero-order valence-electron chi connectivity index (χ0n) is 16.1. The number of aromatic amines is 1. The van der Waals surface area contributed by atoms with Crippen LogP contribution in [0.4, 0.5) is 4.39 Å². The molecule has 31 heavy (non-hydrogen) atoms. The number of carbonyl (C=O) groups is 1. The largest absolute Gasteiger partial charge is 0.322 e. The second-order valence-corrected chi connectivity index (χ2v) is 8.20.